The number of hydrogen-bond acceptors (Lipinski definition) is 6. The van der Waals surface area contributed by atoms with Gasteiger partial charge in [0.15, 0.2) is 0 Å². The summed E-state index contributed by atoms with van der Waals surface area (Å²) in [6.45, 7) is 0. The minimum atomic E-state index is 0.214. The quantitative estimate of drug-likeness (QED) is 0.588. The van der Waals surface area contributed by atoms with Crippen molar-refractivity contribution in [2.24, 2.45) is 0 Å². The zero-order valence-corrected chi connectivity index (χ0v) is 14.5. The van der Waals surface area contributed by atoms with Crippen molar-refractivity contribution in [2.75, 3.05) is 5.32 Å². The van der Waals surface area contributed by atoms with Crippen LogP contribution in [0.1, 0.15) is 23.6 Å². The van der Waals surface area contributed by atoms with Crippen LogP contribution in [0.15, 0.2) is 71.6 Å². The van der Waals surface area contributed by atoms with Crippen LogP contribution in [-0.4, -0.2) is 20.1 Å². The third-order valence-corrected chi connectivity index (χ3v) is 4.84. The number of benzene rings is 2. The third kappa shape index (κ3) is 2.95. The first-order valence-electron chi connectivity index (χ1n) is 8.92. The molecule has 0 bridgehead atoms. The van der Waals surface area contributed by atoms with Crippen molar-refractivity contribution in [1.29, 1.82) is 0 Å². The van der Waals surface area contributed by atoms with Crippen molar-refractivity contribution >= 4 is 5.82 Å². The van der Waals surface area contributed by atoms with Crippen molar-refractivity contribution in [2.45, 2.75) is 18.9 Å². The molecule has 2 aromatic heterocycles. The molecule has 132 valence electrons. The summed E-state index contributed by atoms with van der Waals surface area (Å²) < 4.78 is 5.50. The van der Waals surface area contributed by atoms with Gasteiger partial charge in [-0.3, -0.25) is 0 Å². The Bertz CT molecular complexity index is 1080. The summed E-state index contributed by atoms with van der Waals surface area (Å²) in [7, 11) is 0. The molecule has 0 saturated heterocycles. The van der Waals surface area contributed by atoms with E-state index in [-0.39, 0.29) is 6.04 Å². The molecule has 1 aliphatic rings. The highest BCUT2D eigenvalue weighted by Crippen LogP contribution is 2.35. The van der Waals surface area contributed by atoms with Crippen LogP contribution in [0.3, 0.4) is 0 Å². The molecule has 0 spiro atoms. The van der Waals surface area contributed by atoms with E-state index in [1.807, 2.05) is 30.3 Å². The SMILES string of the molecule is c1ccc(-c2noc(-c3cncnc3NC3CCc4ccccc43)n2)cc1. The Morgan fingerprint density at radius 2 is 1.85 bits per heavy atom. The van der Waals surface area contributed by atoms with E-state index in [1.54, 1.807) is 6.20 Å². The van der Waals surface area contributed by atoms with Crippen LogP contribution in [-0.2, 0) is 6.42 Å². The Balaban J connectivity index is 1.47. The van der Waals surface area contributed by atoms with Crippen molar-refractivity contribution in [1.82, 2.24) is 20.1 Å². The molecule has 27 heavy (non-hydrogen) atoms. The minimum Gasteiger partial charge on any atom is -0.362 e. The van der Waals surface area contributed by atoms with Gasteiger partial charge in [0.05, 0.1) is 6.04 Å². The standard InChI is InChI=1S/C21H17N5O/c1-2-7-15(8-3-1)19-25-21(27-26-19)17-12-22-13-23-20(17)24-18-11-10-14-6-4-5-9-16(14)18/h1-9,12-13,18H,10-11H2,(H,22,23,24). The van der Waals surface area contributed by atoms with E-state index in [2.05, 4.69) is 49.7 Å². The van der Waals surface area contributed by atoms with Gasteiger partial charge in [0, 0.05) is 11.8 Å². The van der Waals surface area contributed by atoms with Crippen molar-refractivity contribution in [3.8, 4) is 22.8 Å². The molecule has 6 nitrogen and oxygen atoms in total. The molecule has 0 fully saturated rings. The van der Waals surface area contributed by atoms with Crippen molar-refractivity contribution in [3.05, 3.63) is 78.2 Å². The number of anilines is 1. The van der Waals surface area contributed by atoms with Crippen molar-refractivity contribution in [3.63, 3.8) is 0 Å². The molecule has 5 rings (SSSR count). The Morgan fingerprint density at radius 1 is 1.00 bits per heavy atom. The lowest BCUT2D eigenvalue weighted by Crippen LogP contribution is -2.09. The monoisotopic (exact) mass is 355 g/mol. The molecule has 1 N–H and O–H groups in total. The zero-order valence-electron chi connectivity index (χ0n) is 14.5. The maximum absolute atomic E-state index is 5.50. The number of fused-ring (bicyclic) bond motifs is 1. The molecule has 0 saturated carbocycles. The molecule has 2 aromatic carbocycles. The fourth-order valence-corrected chi connectivity index (χ4v) is 3.51. The fourth-order valence-electron chi connectivity index (χ4n) is 3.51. The Hall–Kier alpha value is -3.54. The molecule has 2 heterocycles. The maximum Gasteiger partial charge on any atom is 0.263 e. The van der Waals surface area contributed by atoms with Crippen LogP contribution in [0.2, 0.25) is 0 Å². The molecule has 1 unspecified atom stereocenters. The molecule has 0 amide bonds. The molecule has 1 aliphatic carbocycles. The van der Waals surface area contributed by atoms with Gasteiger partial charge in [0.1, 0.15) is 17.7 Å². The highest BCUT2D eigenvalue weighted by atomic mass is 16.5. The van der Waals surface area contributed by atoms with E-state index in [4.69, 9.17) is 4.52 Å². The van der Waals surface area contributed by atoms with E-state index in [0.717, 1.165) is 18.4 Å². The van der Waals surface area contributed by atoms with Crippen LogP contribution in [0, 0.1) is 0 Å². The fraction of sp³-hybridized carbons (Fsp3) is 0.143. The van der Waals surface area contributed by atoms with E-state index in [9.17, 15) is 0 Å². The maximum atomic E-state index is 5.50. The van der Waals surface area contributed by atoms with Gasteiger partial charge in [-0.2, -0.15) is 4.98 Å². The predicted octanol–water partition coefficient (Wildman–Crippen LogP) is 4.29. The first kappa shape index (κ1) is 15.7. The van der Waals surface area contributed by atoms with Crippen molar-refractivity contribution < 1.29 is 4.52 Å². The van der Waals surface area contributed by atoms with E-state index >= 15 is 0 Å². The highest BCUT2D eigenvalue weighted by molar-refractivity contribution is 5.69. The number of aryl methyl sites for hydroxylation is 1. The third-order valence-electron chi connectivity index (χ3n) is 4.84. The van der Waals surface area contributed by atoms with E-state index in [0.29, 0.717) is 23.1 Å². The summed E-state index contributed by atoms with van der Waals surface area (Å²) in [5, 5.41) is 7.64. The number of aromatic nitrogens is 4. The summed E-state index contributed by atoms with van der Waals surface area (Å²) in [6.07, 6.45) is 5.33. The second-order valence-corrected chi connectivity index (χ2v) is 6.51. The average Bonchev–Trinajstić information content (AvgIpc) is 3.37. The molecular weight excluding hydrogens is 338 g/mol. The van der Waals surface area contributed by atoms with Crippen LogP contribution >= 0.6 is 0 Å². The Morgan fingerprint density at radius 3 is 2.78 bits per heavy atom. The lowest BCUT2D eigenvalue weighted by Gasteiger charge is -2.15. The summed E-state index contributed by atoms with van der Waals surface area (Å²) in [5.41, 5.74) is 4.31. The average molecular weight is 355 g/mol. The highest BCUT2D eigenvalue weighted by Gasteiger charge is 2.24. The molecule has 0 aliphatic heterocycles. The first-order chi connectivity index (χ1) is 13.4. The van der Waals surface area contributed by atoms with E-state index in [1.165, 1.54) is 17.5 Å². The summed E-state index contributed by atoms with van der Waals surface area (Å²) in [5.74, 6) is 1.66. The van der Waals surface area contributed by atoms with Gasteiger partial charge in [-0.25, -0.2) is 9.97 Å². The largest absolute Gasteiger partial charge is 0.362 e. The number of nitrogens with zero attached hydrogens (tertiary/aromatic N) is 4. The predicted molar refractivity (Wildman–Crippen MR) is 102 cm³/mol. The summed E-state index contributed by atoms with van der Waals surface area (Å²) >= 11 is 0. The smallest absolute Gasteiger partial charge is 0.263 e. The lowest BCUT2D eigenvalue weighted by atomic mass is 10.1. The summed E-state index contributed by atoms with van der Waals surface area (Å²) in [4.78, 5) is 13.1. The second kappa shape index (κ2) is 6.64. The van der Waals surface area contributed by atoms with Crippen LogP contribution in [0.4, 0.5) is 5.82 Å². The number of rotatable bonds is 4. The number of hydrogen-bond donors (Lipinski definition) is 1. The molecular formula is C21H17N5O. The van der Waals surface area contributed by atoms with Crippen LogP contribution < -0.4 is 5.32 Å². The molecule has 6 heteroatoms. The normalized spacial score (nSPS) is 15.5. The minimum absolute atomic E-state index is 0.214. The first-order valence-corrected chi connectivity index (χ1v) is 8.92. The molecule has 1 atom stereocenters. The second-order valence-electron chi connectivity index (χ2n) is 6.51. The van der Waals surface area contributed by atoms with Gasteiger partial charge in [-0.05, 0) is 24.0 Å². The zero-order chi connectivity index (χ0) is 18.1. The summed E-state index contributed by atoms with van der Waals surface area (Å²) in [6, 6.07) is 18.5. The van der Waals surface area contributed by atoms with E-state index < -0.39 is 0 Å². The van der Waals surface area contributed by atoms with Gasteiger partial charge in [0.2, 0.25) is 5.82 Å². The topological polar surface area (TPSA) is 76.7 Å². The van der Waals surface area contributed by atoms with Crippen LogP contribution in [0.25, 0.3) is 22.8 Å². The van der Waals surface area contributed by atoms with Gasteiger partial charge >= 0.3 is 0 Å². The Kier molecular flexibility index (Phi) is 3.86. The number of nitrogens with one attached hydrogen (secondary N) is 1. The molecule has 4 aromatic rings. The molecule has 0 radical (unpaired) electrons. The Labute approximate surface area is 156 Å². The van der Waals surface area contributed by atoms with Gasteiger partial charge in [0.25, 0.3) is 5.89 Å². The van der Waals surface area contributed by atoms with Gasteiger partial charge in [-0.15, -0.1) is 0 Å². The van der Waals surface area contributed by atoms with Crippen LogP contribution in [0.5, 0.6) is 0 Å². The van der Waals surface area contributed by atoms with Gasteiger partial charge in [-0.1, -0.05) is 59.8 Å². The lowest BCUT2D eigenvalue weighted by molar-refractivity contribution is 0.432. The van der Waals surface area contributed by atoms with Gasteiger partial charge < -0.3 is 9.84 Å².